The van der Waals surface area contributed by atoms with E-state index in [9.17, 15) is 4.79 Å². The molecule has 0 amide bonds. The van der Waals surface area contributed by atoms with Gasteiger partial charge in [0.05, 0.1) is 0 Å². The zero-order chi connectivity index (χ0) is 13.7. The third-order valence-corrected chi connectivity index (χ3v) is 5.34. The lowest BCUT2D eigenvalue weighted by Crippen LogP contribution is -2.23. The number of nitrogens with one attached hydrogen (secondary N) is 1. The normalized spacial score (nSPS) is 16.5. The fourth-order valence-electron chi connectivity index (χ4n) is 2.05. The molecule has 0 bridgehead atoms. The predicted octanol–water partition coefficient (Wildman–Crippen LogP) is 3.30. The summed E-state index contributed by atoms with van der Waals surface area (Å²) < 4.78 is 6.30. The van der Waals surface area contributed by atoms with Gasteiger partial charge in [-0.15, -0.1) is 11.3 Å². The van der Waals surface area contributed by atoms with Gasteiger partial charge in [-0.2, -0.15) is 0 Å². The first-order valence-corrected chi connectivity index (χ1v) is 8.68. The van der Waals surface area contributed by atoms with E-state index in [1.807, 2.05) is 13.2 Å². The van der Waals surface area contributed by atoms with Crippen molar-refractivity contribution in [3.8, 4) is 0 Å². The molecule has 0 atom stereocenters. The number of hydrogen-bond acceptors (Lipinski definition) is 6. The van der Waals surface area contributed by atoms with Gasteiger partial charge in [0.15, 0.2) is 10.1 Å². The molecule has 1 aliphatic rings. The molecule has 0 aliphatic carbocycles. The van der Waals surface area contributed by atoms with Gasteiger partial charge in [0.25, 0.3) is 0 Å². The molecular weight excluding hydrogens is 280 g/mol. The highest BCUT2D eigenvalue weighted by atomic mass is 32.2. The Bertz CT molecular complexity index is 428. The van der Waals surface area contributed by atoms with Crippen LogP contribution in [0.3, 0.4) is 0 Å². The quantitative estimate of drug-likeness (QED) is 0.645. The first-order chi connectivity index (χ1) is 9.24. The van der Waals surface area contributed by atoms with Crippen LogP contribution in [0.2, 0.25) is 0 Å². The minimum Gasteiger partial charge on any atom is -0.381 e. The Labute approximate surface area is 122 Å². The van der Waals surface area contributed by atoms with Crippen LogP contribution < -0.4 is 5.32 Å². The van der Waals surface area contributed by atoms with Gasteiger partial charge in [-0.1, -0.05) is 18.7 Å². The number of nitrogens with zero attached hydrogens (tertiary/aromatic N) is 1. The zero-order valence-corrected chi connectivity index (χ0v) is 13.0. The second-order valence-electron chi connectivity index (χ2n) is 4.58. The predicted molar refractivity (Wildman–Crippen MR) is 80.5 cm³/mol. The summed E-state index contributed by atoms with van der Waals surface area (Å²) in [4.78, 5) is 17.2. The van der Waals surface area contributed by atoms with Crippen LogP contribution in [0.5, 0.6) is 0 Å². The molecule has 1 aliphatic heterocycles. The second kappa shape index (κ2) is 7.26. The van der Waals surface area contributed by atoms with E-state index in [0.717, 1.165) is 47.6 Å². The molecule has 2 heterocycles. The highest BCUT2D eigenvalue weighted by molar-refractivity contribution is 8.00. The second-order valence-corrected chi connectivity index (χ2v) is 6.63. The molecule has 0 unspecified atom stereocenters. The summed E-state index contributed by atoms with van der Waals surface area (Å²) >= 11 is 3.08. The molecule has 6 heteroatoms. The van der Waals surface area contributed by atoms with Crippen LogP contribution in [-0.4, -0.2) is 36.8 Å². The van der Waals surface area contributed by atoms with Crippen molar-refractivity contribution in [1.29, 1.82) is 0 Å². The van der Waals surface area contributed by atoms with Gasteiger partial charge < -0.3 is 10.1 Å². The highest BCUT2D eigenvalue weighted by Crippen LogP contribution is 2.30. The number of hydrogen-bond donors (Lipinski definition) is 1. The topological polar surface area (TPSA) is 51.2 Å². The summed E-state index contributed by atoms with van der Waals surface area (Å²) in [5.74, 6) is 1.57. The third-order valence-electron chi connectivity index (χ3n) is 3.26. The minimum absolute atomic E-state index is 0.173. The maximum Gasteiger partial charge on any atom is 0.176 e. The van der Waals surface area contributed by atoms with E-state index in [-0.39, 0.29) is 5.78 Å². The lowest BCUT2D eigenvalue weighted by atomic mass is 10.0. The van der Waals surface area contributed by atoms with E-state index in [4.69, 9.17) is 4.74 Å². The van der Waals surface area contributed by atoms with Crippen LogP contribution >= 0.6 is 23.1 Å². The van der Waals surface area contributed by atoms with Gasteiger partial charge in [-0.25, -0.2) is 4.98 Å². The van der Waals surface area contributed by atoms with Crippen molar-refractivity contribution in [3.05, 3.63) is 4.88 Å². The lowest BCUT2D eigenvalue weighted by molar-refractivity contribution is 0.0699. The van der Waals surface area contributed by atoms with E-state index in [0.29, 0.717) is 12.3 Å². The van der Waals surface area contributed by atoms with Gasteiger partial charge >= 0.3 is 0 Å². The molecule has 0 spiro atoms. The molecule has 0 aromatic carbocycles. The van der Waals surface area contributed by atoms with Crippen molar-refractivity contribution in [2.24, 2.45) is 5.92 Å². The lowest BCUT2D eigenvalue weighted by Gasteiger charge is -2.22. The summed E-state index contributed by atoms with van der Waals surface area (Å²) in [5.41, 5.74) is 0. The first kappa shape index (κ1) is 14.8. The van der Waals surface area contributed by atoms with Crippen molar-refractivity contribution >= 4 is 34.7 Å². The number of carbonyl (C=O) groups excluding carboxylic acids is 1. The molecule has 1 aromatic rings. The van der Waals surface area contributed by atoms with Gasteiger partial charge in [0.1, 0.15) is 10.7 Å². The van der Waals surface area contributed by atoms with Crippen LogP contribution in [-0.2, 0) is 4.74 Å². The van der Waals surface area contributed by atoms with Crippen LogP contribution in [0.15, 0.2) is 4.34 Å². The Morgan fingerprint density at radius 1 is 1.53 bits per heavy atom. The number of aromatic nitrogens is 1. The smallest absolute Gasteiger partial charge is 0.176 e. The minimum atomic E-state index is 0.173. The standard InChI is InChI=1S/C13H20N2O2S2/c1-3-10(16)11-12(15-13(18-2)19-11)14-8-9-4-6-17-7-5-9/h9,14H,3-8H2,1-2H3. The molecule has 0 radical (unpaired) electrons. The van der Waals surface area contributed by atoms with Crippen molar-refractivity contribution in [3.63, 3.8) is 0 Å². The van der Waals surface area contributed by atoms with Crippen LogP contribution in [0.25, 0.3) is 0 Å². The van der Waals surface area contributed by atoms with E-state index in [2.05, 4.69) is 10.3 Å². The van der Waals surface area contributed by atoms with Crippen LogP contribution in [0, 0.1) is 5.92 Å². The molecule has 1 N–H and O–H groups in total. The summed E-state index contributed by atoms with van der Waals surface area (Å²) in [6.45, 7) is 4.47. The van der Waals surface area contributed by atoms with Crippen LogP contribution in [0.1, 0.15) is 35.9 Å². The van der Waals surface area contributed by atoms with Crippen LogP contribution in [0.4, 0.5) is 5.82 Å². The fourth-order valence-corrected chi connectivity index (χ4v) is 3.60. The molecule has 4 nitrogen and oxygen atoms in total. The monoisotopic (exact) mass is 300 g/mol. The summed E-state index contributed by atoms with van der Waals surface area (Å²) in [6.07, 6.45) is 4.69. The van der Waals surface area contributed by atoms with E-state index in [1.165, 1.54) is 11.3 Å². The number of rotatable bonds is 6. The summed E-state index contributed by atoms with van der Waals surface area (Å²) in [6, 6.07) is 0. The number of carbonyl (C=O) groups is 1. The average molecular weight is 300 g/mol. The largest absolute Gasteiger partial charge is 0.381 e. The summed E-state index contributed by atoms with van der Waals surface area (Å²) in [5, 5.41) is 3.36. The van der Waals surface area contributed by atoms with Crippen molar-refractivity contribution in [2.45, 2.75) is 30.5 Å². The van der Waals surface area contributed by atoms with Gasteiger partial charge in [-0.05, 0) is 25.0 Å². The third kappa shape index (κ3) is 3.94. The molecule has 106 valence electrons. The van der Waals surface area contributed by atoms with E-state index < -0.39 is 0 Å². The maximum atomic E-state index is 11.9. The van der Waals surface area contributed by atoms with Crippen molar-refractivity contribution in [1.82, 2.24) is 4.98 Å². The first-order valence-electron chi connectivity index (χ1n) is 6.64. The zero-order valence-electron chi connectivity index (χ0n) is 11.4. The number of Topliss-reactive ketones (excluding diaryl/α,β-unsaturated/α-hetero) is 1. The Hall–Kier alpha value is -0.590. The van der Waals surface area contributed by atoms with Gasteiger partial charge in [0.2, 0.25) is 0 Å². The van der Waals surface area contributed by atoms with E-state index >= 15 is 0 Å². The Morgan fingerprint density at radius 3 is 2.89 bits per heavy atom. The number of anilines is 1. The molecular formula is C13H20N2O2S2. The Morgan fingerprint density at radius 2 is 2.26 bits per heavy atom. The Kier molecular flexibility index (Phi) is 5.66. The maximum absolute atomic E-state index is 11.9. The highest BCUT2D eigenvalue weighted by Gasteiger charge is 2.19. The van der Waals surface area contributed by atoms with Gasteiger partial charge in [-0.3, -0.25) is 4.79 Å². The molecule has 1 aromatic heterocycles. The molecule has 0 saturated carbocycles. The van der Waals surface area contributed by atoms with Crippen molar-refractivity contribution < 1.29 is 9.53 Å². The number of ketones is 1. The summed E-state index contributed by atoms with van der Waals surface area (Å²) in [7, 11) is 0. The van der Waals surface area contributed by atoms with Crippen molar-refractivity contribution in [2.75, 3.05) is 31.3 Å². The fraction of sp³-hybridized carbons (Fsp3) is 0.692. The number of ether oxygens (including phenoxy) is 1. The van der Waals surface area contributed by atoms with E-state index in [1.54, 1.807) is 11.8 Å². The molecule has 2 rings (SSSR count). The van der Waals surface area contributed by atoms with Gasteiger partial charge in [0, 0.05) is 26.2 Å². The SMILES string of the molecule is CCC(=O)c1sc(SC)nc1NCC1CCOCC1. The molecule has 1 fully saturated rings. The molecule has 19 heavy (non-hydrogen) atoms. The number of thiazole rings is 1. The average Bonchev–Trinajstić information content (AvgIpc) is 2.88. The Balaban J connectivity index is 2.01. The number of thioether (sulfide) groups is 1. The molecule has 1 saturated heterocycles.